The van der Waals surface area contributed by atoms with Crippen molar-refractivity contribution in [1.29, 1.82) is 0 Å². The summed E-state index contributed by atoms with van der Waals surface area (Å²) in [5.74, 6) is 0.672. The third kappa shape index (κ3) is 6.61. The van der Waals surface area contributed by atoms with Crippen LogP contribution in [-0.2, 0) is 22.4 Å². The molecular formula is C24H34N4O2S. The first-order valence-corrected chi connectivity index (χ1v) is 11.8. The molecular weight excluding hydrogens is 408 g/mol. The Kier molecular flexibility index (Phi) is 8.21. The Morgan fingerprint density at radius 3 is 2.42 bits per heavy atom. The molecule has 0 saturated carbocycles. The quantitative estimate of drug-likeness (QED) is 0.631. The molecule has 7 heteroatoms. The Bertz CT molecular complexity index is 859. The van der Waals surface area contributed by atoms with Crippen LogP contribution in [0.2, 0.25) is 0 Å². The van der Waals surface area contributed by atoms with Crippen LogP contribution in [0.5, 0.6) is 0 Å². The van der Waals surface area contributed by atoms with Crippen LogP contribution in [0, 0.1) is 12.8 Å². The second kappa shape index (κ2) is 10.9. The van der Waals surface area contributed by atoms with Gasteiger partial charge in [-0.15, -0.1) is 11.3 Å². The fourth-order valence-corrected chi connectivity index (χ4v) is 4.94. The number of likely N-dealkylation sites (tertiary alicyclic amines) is 1. The van der Waals surface area contributed by atoms with Crippen molar-refractivity contribution in [2.24, 2.45) is 5.92 Å². The molecule has 1 saturated heterocycles. The second-order valence-corrected chi connectivity index (χ2v) is 9.81. The van der Waals surface area contributed by atoms with Crippen molar-refractivity contribution in [2.45, 2.75) is 38.6 Å². The lowest BCUT2D eigenvalue weighted by Gasteiger charge is -2.40. The van der Waals surface area contributed by atoms with Crippen LogP contribution in [0.25, 0.3) is 0 Å². The Hall–Kier alpha value is -2.25. The number of carbonyl (C=O) groups is 2. The summed E-state index contributed by atoms with van der Waals surface area (Å²) >= 11 is 1.59. The summed E-state index contributed by atoms with van der Waals surface area (Å²) in [6.45, 7) is 3.86. The largest absolute Gasteiger partial charge is 0.342 e. The van der Waals surface area contributed by atoms with Crippen molar-refractivity contribution in [3.05, 3.63) is 52.0 Å². The number of piperidine rings is 1. The fraction of sp³-hybridized carbons (Fsp3) is 0.542. The van der Waals surface area contributed by atoms with Gasteiger partial charge in [0.2, 0.25) is 11.8 Å². The third-order valence-electron chi connectivity index (χ3n) is 6.07. The number of likely N-dealkylation sites (N-methyl/N-ethyl adjacent to an activating group) is 2. The van der Waals surface area contributed by atoms with Crippen LogP contribution in [0.1, 0.15) is 29.1 Å². The monoisotopic (exact) mass is 442 g/mol. The van der Waals surface area contributed by atoms with Crippen LogP contribution < -0.4 is 0 Å². The van der Waals surface area contributed by atoms with E-state index in [-0.39, 0.29) is 17.9 Å². The van der Waals surface area contributed by atoms with Gasteiger partial charge in [-0.1, -0.05) is 30.3 Å². The zero-order valence-electron chi connectivity index (χ0n) is 19.1. The summed E-state index contributed by atoms with van der Waals surface area (Å²) in [5.41, 5.74) is 2.11. The first-order chi connectivity index (χ1) is 14.8. The molecule has 6 nitrogen and oxygen atoms in total. The smallest absolute Gasteiger partial charge is 0.236 e. The van der Waals surface area contributed by atoms with Crippen molar-refractivity contribution in [3.8, 4) is 0 Å². The molecule has 1 fully saturated rings. The van der Waals surface area contributed by atoms with E-state index in [1.807, 2.05) is 54.2 Å². The van der Waals surface area contributed by atoms with E-state index in [0.29, 0.717) is 18.9 Å². The highest BCUT2D eigenvalue weighted by Crippen LogP contribution is 2.27. The van der Waals surface area contributed by atoms with E-state index in [4.69, 9.17) is 0 Å². The maximum Gasteiger partial charge on any atom is 0.236 e. The van der Waals surface area contributed by atoms with Crippen molar-refractivity contribution < 1.29 is 9.59 Å². The normalized spacial score (nSPS) is 15.8. The summed E-state index contributed by atoms with van der Waals surface area (Å²) in [6, 6.07) is 10.5. The number of aryl methyl sites for hydroxylation is 1. The van der Waals surface area contributed by atoms with E-state index >= 15 is 0 Å². The van der Waals surface area contributed by atoms with Crippen LogP contribution in [0.3, 0.4) is 0 Å². The Labute approximate surface area is 189 Å². The molecule has 2 heterocycles. The van der Waals surface area contributed by atoms with Gasteiger partial charge in [0.15, 0.2) is 0 Å². The number of rotatable bonds is 8. The maximum atomic E-state index is 12.8. The molecule has 1 aliphatic rings. The molecule has 0 unspecified atom stereocenters. The lowest BCUT2D eigenvalue weighted by molar-refractivity contribution is -0.136. The minimum atomic E-state index is 0.133. The van der Waals surface area contributed by atoms with Gasteiger partial charge in [0.25, 0.3) is 0 Å². The first kappa shape index (κ1) is 23.4. The van der Waals surface area contributed by atoms with Crippen molar-refractivity contribution in [2.75, 3.05) is 40.8 Å². The Morgan fingerprint density at radius 2 is 1.84 bits per heavy atom. The molecule has 3 rings (SSSR count). The van der Waals surface area contributed by atoms with Gasteiger partial charge in [0.05, 0.1) is 23.7 Å². The zero-order valence-corrected chi connectivity index (χ0v) is 19.9. The van der Waals surface area contributed by atoms with Gasteiger partial charge >= 0.3 is 0 Å². The molecule has 0 aliphatic carbocycles. The third-order valence-corrected chi connectivity index (χ3v) is 6.89. The molecule has 0 radical (unpaired) electrons. The molecule has 0 spiro atoms. The number of nitrogens with zero attached hydrogens (tertiary/aromatic N) is 4. The molecule has 1 aromatic heterocycles. The van der Waals surface area contributed by atoms with Crippen LogP contribution >= 0.6 is 11.3 Å². The Balaban J connectivity index is 1.64. The lowest BCUT2D eigenvalue weighted by Crippen LogP contribution is -2.50. The summed E-state index contributed by atoms with van der Waals surface area (Å²) in [4.78, 5) is 35.8. The number of hydrogen-bond acceptors (Lipinski definition) is 5. The first-order valence-electron chi connectivity index (χ1n) is 11.0. The summed E-state index contributed by atoms with van der Waals surface area (Å²) in [7, 11) is 5.78. The van der Waals surface area contributed by atoms with Crippen LogP contribution in [-0.4, -0.2) is 78.3 Å². The van der Waals surface area contributed by atoms with E-state index in [0.717, 1.165) is 43.1 Å². The van der Waals surface area contributed by atoms with Crippen molar-refractivity contribution in [3.63, 3.8) is 0 Å². The molecule has 2 aromatic rings. The van der Waals surface area contributed by atoms with E-state index in [2.05, 4.69) is 29.2 Å². The summed E-state index contributed by atoms with van der Waals surface area (Å²) in [6.07, 6.45) is 3.05. The number of hydrogen-bond donors (Lipinski definition) is 0. The van der Waals surface area contributed by atoms with Gasteiger partial charge in [-0.25, -0.2) is 4.98 Å². The highest BCUT2D eigenvalue weighted by atomic mass is 32.1. The highest BCUT2D eigenvalue weighted by Gasteiger charge is 2.32. The molecule has 168 valence electrons. The van der Waals surface area contributed by atoms with Crippen molar-refractivity contribution in [1.82, 2.24) is 19.7 Å². The highest BCUT2D eigenvalue weighted by molar-refractivity contribution is 7.09. The van der Waals surface area contributed by atoms with Crippen molar-refractivity contribution >= 4 is 23.2 Å². The predicted molar refractivity (Wildman–Crippen MR) is 125 cm³/mol. The standard InChI is InChI=1S/C24H34N4O2S/c1-18-25-21(17-31-18)15-23(29)28-12-10-20(11-13-28)22(14-19-8-6-5-7-9-19)27(4)24(30)16-26(2)3/h5-9,17,20,22H,10-16H2,1-4H3/t22-/m1/s1. The minimum absolute atomic E-state index is 0.133. The SMILES string of the molecule is Cc1nc(CC(=O)N2CCC([C@@H](Cc3ccccc3)N(C)C(=O)CN(C)C)CC2)cs1. The van der Waals surface area contributed by atoms with Gasteiger partial charge < -0.3 is 14.7 Å². The zero-order chi connectivity index (χ0) is 22.4. The average molecular weight is 443 g/mol. The van der Waals surface area contributed by atoms with E-state index in [1.54, 1.807) is 11.3 Å². The van der Waals surface area contributed by atoms with Gasteiger partial charge in [-0.3, -0.25) is 9.59 Å². The average Bonchev–Trinajstić information content (AvgIpc) is 3.16. The molecule has 0 N–H and O–H groups in total. The lowest BCUT2D eigenvalue weighted by atomic mass is 9.84. The topological polar surface area (TPSA) is 56.8 Å². The molecule has 1 aromatic carbocycles. The van der Waals surface area contributed by atoms with Gasteiger partial charge in [0, 0.05) is 31.6 Å². The van der Waals surface area contributed by atoms with Gasteiger partial charge in [-0.2, -0.15) is 0 Å². The van der Waals surface area contributed by atoms with E-state index in [1.165, 1.54) is 5.56 Å². The second-order valence-electron chi connectivity index (χ2n) is 8.75. The van der Waals surface area contributed by atoms with Gasteiger partial charge in [-0.05, 0) is 51.8 Å². The Morgan fingerprint density at radius 1 is 1.16 bits per heavy atom. The van der Waals surface area contributed by atoms with E-state index < -0.39 is 0 Å². The molecule has 1 aliphatic heterocycles. The molecule has 1 atom stereocenters. The molecule has 2 amide bonds. The van der Waals surface area contributed by atoms with Crippen LogP contribution in [0.4, 0.5) is 0 Å². The minimum Gasteiger partial charge on any atom is -0.342 e. The molecule has 31 heavy (non-hydrogen) atoms. The van der Waals surface area contributed by atoms with Crippen LogP contribution in [0.15, 0.2) is 35.7 Å². The molecule has 0 bridgehead atoms. The number of thiazole rings is 1. The number of benzene rings is 1. The fourth-order valence-electron chi connectivity index (χ4n) is 4.33. The number of carbonyl (C=O) groups excluding carboxylic acids is 2. The predicted octanol–water partition coefficient (Wildman–Crippen LogP) is 2.86. The number of amides is 2. The summed E-state index contributed by atoms with van der Waals surface area (Å²) in [5, 5.41) is 2.97. The maximum absolute atomic E-state index is 12.8. The summed E-state index contributed by atoms with van der Waals surface area (Å²) < 4.78 is 0. The number of aromatic nitrogens is 1. The van der Waals surface area contributed by atoms with Gasteiger partial charge in [0.1, 0.15) is 0 Å². The van der Waals surface area contributed by atoms with E-state index in [9.17, 15) is 9.59 Å².